The number of benzene rings is 2. The van der Waals surface area contributed by atoms with Crippen molar-refractivity contribution in [2.45, 2.75) is 25.8 Å². The quantitative estimate of drug-likeness (QED) is 0.697. The molecule has 0 unspecified atom stereocenters. The average Bonchev–Trinajstić information content (AvgIpc) is 3.18. The lowest BCUT2D eigenvalue weighted by molar-refractivity contribution is 0.0975. The number of carbonyl (C=O) groups excluding carboxylic acids is 1. The first kappa shape index (κ1) is 19.3. The third kappa shape index (κ3) is 4.03. The minimum atomic E-state index is -0.154. The Morgan fingerprint density at radius 1 is 1.11 bits per heavy atom. The monoisotopic (exact) mass is 380 g/mol. The van der Waals surface area contributed by atoms with E-state index in [2.05, 4.69) is 22.9 Å². The van der Waals surface area contributed by atoms with Crippen LogP contribution in [0.1, 0.15) is 40.4 Å². The lowest BCUT2D eigenvalue weighted by Crippen LogP contribution is -2.30. The van der Waals surface area contributed by atoms with Gasteiger partial charge in [0.15, 0.2) is 5.78 Å². The van der Waals surface area contributed by atoms with Gasteiger partial charge in [0.2, 0.25) is 0 Å². The molecule has 0 amide bonds. The topological polar surface area (TPSA) is 23.6 Å². The standard InChI is InChI=1S/C24H29FN2O/c1-17-8-10-18(11-9-17)23(28)7-4-12-27-15-20-14-26(2)24(22(20)16-27)19-5-3-6-21(25)13-19/h3,5-6,8-11,13,20,22,24H,4,7,12,14-16H2,1-2H3/t20-,22+,24-/m0/s1. The van der Waals surface area contributed by atoms with Crippen LogP contribution >= 0.6 is 0 Å². The van der Waals surface area contributed by atoms with Crippen molar-refractivity contribution in [3.63, 3.8) is 0 Å². The highest BCUT2D eigenvalue weighted by Gasteiger charge is 2.45. The van der Waals surface area contributed by atoms with Gasteiger partial charge in [0.25, 0.3) is 0 Å². The fourth-order valence-corrected chi connectivity index (χ4v) is 5.07. The van der Waals surface area contributed by atoms with E-state index >= 15 is 0 Å². The predicted molar refractivity (Wildman–Crippen MR) is 110 cm³/mol. The molecule has 28 heavy (non-hydrogen) atoms. The molecule has 2 fully saturated rings. The summed E-state index contributed by atoms with van der Waals surface area (Å²) in [6, 6.07) is 15.2. The van der Waals surface area contributed by atoms with E-state index in [-0.39, 0.29) is 11.6 Å². The first-order valence-electron chi connectivity index (χ1n) is 10.3. The Hall–Kier alpha value is -2.04. The Morgan fingerprint density at radius 2 is 1.89 bits per heavy atom. The van der Waals surface area contributed by atoms with Crippen LogP contribution in [0.5, 0.6) is 0 Å². The van der Waals surface area contributed by atoms with Gasteiger partial charge in [-0.25, -0.2) is 4.39 Å². The number of halogens is 1. The molecule has 2 aliphatic rings. The summed E-state index contributed by atoms with van der Waals surface area (Å²) < 4.78 is 13.7. The van der Waals surface area contributed by atoms with Crippen molar-refractivity contribution in [3.05, 3.63) is 71.0 Å². The van der Waals surface area contributed by atoms with Crippen molar-refractivity contribution in [3.8, 4) is 0 Å². The molecule has 0 spiro atoms. The SMILES string of the molecule is Cc1ccc(C(=O)CCCN2C[C@@H]3CN(C)[C@@H](c4cccc(F)c4)[C@@H]3C2)cc1. The van der Waals surface area contributed by atoms with Crippen molar-refractivity contribution in [1.29, 1.82) is 0 Å². The number of hydrogen-bond donors (Lipinski definition) is 0. The number of nitrogens with zero attached hydrogens (tertiary/aromatic N) is 2. The normalized spacial score (nSPS) is 25.2. The minimum Gasteiger partial charge on any atom is -0.303 e. The number of fused-ring (bicyclic) bond motifs is 1. The van der Waals surface area contributed by atoms with Crippen LogP contribution < -0.4 is 0 Å². The van der Waals surface area contributed by atoms with Crippen molar-refractivity contribution >= 4 is 5.78 Å². The molecule has 0 saturated carbocycles. The zero-order valence-corrected chi connectivity index (χ0v) is 16.8. The summed E-state index contributed by atoms with van der Waals surface area (Å²) in [6.45, 7) is 6.18. The maximum absolute atomic E-state index is 13.7. The third-order valence-electron chi connectivity index (χ3n) is 6.41. The highest BCUT2D eigenvalue weighted by molar-refractivity contribution is 5.96. The van der Waals surface area contributed by atoms with Gasteiger partial charge in [0.1, 0.15) is 5.82 Å². The Bertz CT molecular complexity index is 835. The molecule has 0 bridgehead atoms. The maximum atomic E-state index is 13.7. The summed E-state index contributed by atoms with van der Waals surface area (Å²) in [7, 11) is 2.15. The second-order valence-corrected chi connectivity index (χ2v) is 8.52. The first-order valence-corrected chi connectivity index (χ1v) is 10.3. The lowest BCUT2D eigenvalue weighted by Gasteiger charge is -2.26. The summed E-state index contributed by atoms with van der Waals surface area (Å²) in [5, 5.41) is 0. The number of ketones is 1. The van der Waals surface area contributed by atoms with E-state index in [0.717, 1.165) is 43.7 Å². The van der Waals surface area contributed by atoms with E-state index in [1.54, 1.807) is 6.07 Å². The second-order valence-electron chi connectivity index (χ2n) is 8.52. The molecule has 0 aliphatic carbocycles. The van der Waals surface area contributed by atoms with E-state index in [9.17, 15) is 9.18 Å². The fourth-order valence-electron chi connectivity index (χ4n) is 5.07. The summed E-state index contributed by atoms with van der Waals surface area (Å²) in [5.41, 5.74) is 3.08. The molecule has 3 atom stereocenters. The highest BCUT2D eigenvalue weighted by atomic mass is 19.1. The molecule has 0 N–H and O–H groups in total. The van der Waals surface area contributed by atoms with Gasteiger partial charge >= 0.3 is 0 Å². The van der Waals surface area contributed by atoms with Crippen LogP contribution in [0.3, 0.4) is 0 Å². The zero-order valence-electron chi connectivity index (χ0n) is 16.8. The molecule has 4 heteroatoms. The average molecular weight is 381 g/mol. The molecule has 148 valence electrons. The van der Waals surface area contributed by atoms with Crippen molar-refractivity contribution in [2.75, 3.05) is 33.2 Å². The van der Waals surface area contributed by atoms with Crippen LogP contribution in [0, 0.1) is 24.6 Å². The lowest BCUT2D eigenvalue weighted by atomic mass is 9.89. The highest BCUT2D eigenvalue weighted by Crippen LogP contribution is 2.44. The van der Waals surface area contributed by atoms with Gasteiger partial charge < -0.3 is 4.90 Å². The smallest absolute Gasteiger partial charge is 0.162 e. The van der Waals surface area contributed by atoms with Crippen molar-refractivity contribution in [1.82, 2.24) is 9.80 Å². The van der Waals surface area contributed by atoms with Gasteiger partial charge in [0.05, 0.1) is 0 Å². The van der Waals surface area contributed by atoms with Gasteiger partial charge in [-0.2, -0.15) is 0 Å². The Morgan fingerprint density at radius 3 is 2.64 bits per heavy atom. The van der Waals surface area contributed by atoms with Gasteiger partial charge in [-0.15, -0.1) is 0 Å². The third-order valence-corrected chi connectivity index (χ3v) is 6.41. The van der Waals surface area contributed by atoms with E-state index < -0.39 is 0 Å². The van der Waals surface area contributed by atoms with Crippen LogP contribution in [-0.4, -0.2) is 48.8 Å². The van der Waals surface area contributed by atoms with Gasteiger partial charge in [-0.05, 0) is 56.5 Å². The van der Waals surface area contributed by atoms with Crippen LogP contribution in [0.15, 0.2) is 48.5 Å². The maximum Gasteiger partial charge on any atom is 0.162 e. The van der Waals surface area contributed by atoms with Gasteiger partial charge in [-0.1, -0.05) is 42.0 Å². The molecule has 2 aliphatic heterocycles. The molecule has 3 nitrogen and oxygen atoms in total. The minimum absolute atomic E-state index is 0.154. The zero-order chi connectivity index (χ0) is 19.7. The fraction of sp³-hybridized carbons (Fsp3) is 0.458. The molecule has 2 aromatic rings. The van der Waals surface area contributed by atoms with Crippen LogP contribution in [0.4, 0.5) is 4.39 Å². The van der Waals surface area contributed by atoms with E-state index in [1.807, 2.05) is 37.3 Å². The summed E-state index contributed by atoms with van der Waals surface area (Å²) in [4.78, 5) is 17.3. The van der Waals surface area contributed by atoms with Crippen LogP contribution in [-0.2, 0) is 0 Å². The number of likely N-dealkylation sites (tertiary alicyclic amines) is 2. The first-order chi connectivity index (χ1) is 13.5. The van der Waals surface area contributed by atoms with Crippen LogP contribution in [0.2, 0.25) is 0 Å². The molecule has 0 radical (unpaired) electrons. The number of rotatable bonds is 6. The molecule has 2 aromatic carbocycles. The molecular formula is C24H29FN2O. The summed E-state index contributed by atoms with van der Waals surface area (Å²) >= 11 is 0. The van der Waals surface area contributed by atoms with Crippen molar-refractivity contribution in [2.24, 2.45) is 11.8 Å². The van der Waals surface area contributed by atoms with Gasteiger partial charge in [-0.3, -0.25) is 9.69 Å². The molecule has 4 rings (SSSR count). The predicted octanol–water partition coefficient (Wildman–Crippen LogP) is 4.33. The van der Waals surface area contributed by atoms with Gasteiger partial charge in [0, 0.05) is 37.7 Å². The van der Waals surface area contributed by atoms with Crippen molar-refractivity contribution < 1.29 is 9.18 Å². The Kier molecular flexibility index (Phi) is 5.61. The van der Waals surface area contributed by atoms with E-state index in [1.165, 1.54) is 11.6 Å². The largest absolute Gasteiger partial charge is 0.303 e. The number of Topliss-reactive ketones (excluding diaryl/α,β-unsaturated/α-hetero) is 1. The Balaban J connectivity index is 1.32. The molecular weight excluding hydrogens is 351 g/mol. The number of hydrogen-bond acceptors (Lipinski definition) is 3. The van der Waals surface area contributed by atoms with E-state index in [4.69, 9.17) is 0 Å². The molecule has 0 aromatic heterocycles. The summed E-state index contributed by atoms with van der Waals surface area (Å²) in [5.74, 6) is 1.25. The Labute approximate surface area is 167 Å². The molecule has 2 heterocycles. The van der Waals surface area contributed by atoms with E-state index in [0.29, 0.717) is 24.3 Å². The number of carbonyl (C=O) groups is 1. The number of aryl methyl sites for hydroxylation is 1. The molecule has 2 saturated heterocycles. The van der Waals surface area contributed by atoms with Crippen LogP contribution in [0.25, 0.3) is 0 Å². The summed E-state index contributed by atoms with van der Waals surface area (Å²) in [6.07, 6.45) is 1.49. The second kappa shape index (κ2) is 8.14.